The molecule has 0 unspecified atom stereocenters. The zero-order valence-electron chi connectivity index (χ0n) is 17.9. The van der Waals surface area contributed by atoms with Gasteiger partial charge in [0.15, 0.2) is 0 Å². The molecule has 6 heteroatoms. The third-order valence-corrected chi connectivity index (χ3v) is 6.75. The van der Waals surface area contributed by atoms with Gasteiger partial charge in [-0.1, -0.05) is 49.1 Å². The van der Waals surface area contributed by atoms with E-state index in [9.17, 15) is 0 Å². The summed E-state index contributed by atoms with van der Waals surface area (Å²) < 4.78 is 0. The van der Waals surface area contributed by atoms with E-state index in [1.807, 2.05) is 11.8 Å². The molecule has 0 amide bonds. The van der Waals surface area contributed by atoms with Crippen molar-refractivity contribution in [1.29, 1.82) is 0 Å². The lowest BCUT2D eigenvalue weighted by molar-refractivity contribution is 0.260. The number of thiocarbonyl (C=S) groups is 1. The fourth-order valence-corrected chi connectivity index (χ4v) is 4.73. The van der Waals surface area contributed by atoms with Crippen LogP contribution in [0.25, 0.3) is 0 Å². The summed E-state index contributed by atoms with van der Waals surface area (Å²) in [5.41, 5.74) is 3.64. The molecular formula is C23H32ClN3S2. The van der Waals surface area contributed by atoms with Gasteiger partial charge in [-0.2, -0.15) is 0 Å². The Morgan fingerprint density at radius 3 is 2.48 bits per heavy atom. The highest BCUT2D eigenvalue weighted by atomic mass is 35.5. The SMILES string of the molecule is CCCNC(=S)c1ccc2c(c1)N([C@H](C)CN(C)C(C)C)c1ccccc1S2.Cl. The standard InChI is InChI=1S/C23H31N3S2.ClH/c1-6-13-24-23(27)18-11-12-22-20(14-18)26(17(4)15-25(5)16(2)3)19-9-7-8-10-21(19)28-22;/h7-12,14,16-17H,6,13,15H2,1-5H3,(H,24,27);1H/t17-;/m1./s1. The maximum Gasteiger partial charge on any atom is 0.106 e. The maximum absolute atomic E-state index is 5.63. The van der Waals surface area contributed by atoms with Gasteiger partial charge in [0.05, 0.1) is 11.4 Å². The molecule has 0 aromatic heterocycles. The summed E-state index contributed by atoms with van der Waals surface area (Å²) >= 11 is 7.48. The van der Waals surface area contributed by atoms with E-state index in [0.717, 1.165) is 30.1 Å². The minimum absolute atomic E-state index is 0. The Morgan fingerprint density at radius 2 is 1.79 bits per heavy atom. The minimum atomic E-state index is 0. The van der Waals surface area contributed by atoms with E-state index in [1.54, 1.807) is 0 Å². The summed E-state index contributed by atoms with van der Waals surface area (Å²) in [7, 11) is 2.20. The van der Waals surface area contributed by atoms with Crippen LogP contribution in [0.15, 0.2) is 52.3 Å². The van der Waals surface area contributed by atoms with Gasteiger partial charge in [0.1, 0.15) is 4.99 Å². The monoisotopic (exact) mass is 449 g/mol. The third-order valence-electron chi connectivity index (χ3n) is 5.24. The zero-order chi connectivity index (χ0) is 20.3. The number of fused-ring (bicyclic) bond motifs is 2. The number of nitrogens with zero attached hydrogens (tertiary/aromatic N) is 2. The van der Waals surface area contributed by atoms with Gasteiger partial charge in [0.25, 0.3) is 0 Å². The first-order valence-electron chi connectivity index (χ1n) is 10.1. The number of hydrogen-bond donors (Lipinski definition) is 1. The van der Waals surface area contributed by atoms with Crippen molar-refractivity contribution in [1.82, 2.24) is 10.2 Å². The highest BCUT2D eigenvalue weighted by Gasteiger charge is 2.28. The molecule has 0 saturated carbocycles. The molecule has 0 aliphatic carbocycles. The van der Waals surface area contributed by atoms with E-state index < -0.39 is 0 Å². The lowest BCUT2D eigenvalue weighted by Crippen LogP contribution is -2.42. The van der Waals surface area contributed by atoms with E-state index in [1.165, 1.54) is 21.2 Å². The first-order chi connectivity index (χ1) is 13.4. The van der Waals surface area contributed by atoms with E-state index in [0.29, 0.717) is 12.1 Å². The molecule has 29 heavy (non-hydrogen) atoms. The largest absolute Gasteiger partial charge is 0.376 e. The first-order valence-corrected chi connectivity index (χ1v) is 11.3. The average molecular weight is 450 g/mol. The third kappa shape index (κ3) is 5.46. The highest BCUT2D eigenvalue weighted by molar-refractivity contribution is 7.99. The summed E-state index contributed by atoms with van der Waals surface area (Å²) in [5, 5.41) is 3.36. The Labute approximate surface area is 191 Å². The van der Waals surface area contributed by atoms with Crippen LogP contribution < -0.4 is 10.2 Å². The van der Waals surface area contributed by atoms with Crippen LogP contribution in [-0.4, -0.2) is 42.1 Å². The number of anilines is 2. The lowest BCUT2D eigenvalue weighted by Gasteiger charge is -2.39. The normalized spacial score (nSPS) is 13.6. The predicted molar refractivity (Wildman–Crippen MR) is 134 cm³/mol. The second kappa shape index (κ2) is 10.7. The fraction of sp³-hybridized carbons (Fsp3) is 0.435. The van der Waals surface area contributed by atoms with Crippen molar-refractivity contribution >= 4 is 52.8 Å². The minimum Gasteiger partial charge on any atom is -0.376 e. The number of likely N-dealkylation sites (N-methyl/N-ethyl adjacent to an activating group) is 1. The second-order valence-electron chi connectivity index (χ2n) is 7.76. The van der Waals surface area contributed by atoms with Crippen molar-refractivity contribution in [2.45, 2.75) is 56.0 Å². The highest BCUT2D eigenvalue weighted by Crippen LogP contribution is 2.49. The molecule has 2 aromatic rings. The van der Waals surface area contributed by atoms with Crippen molar-refractivity contribution < 1.29 is 0 Å². The second-order valence-corrected chi connectivity index (χ2v) is 9.25. The van der Waals surface area contributed by atoms with Gasteiger partial charge in [0, 0.05) is 40.5 Å². The first kappa shape index (κ1) is 24.0. The summed E-state index contributed by atoms with van der Waals surface area (Å²) in [4.78, 5) is 8.34. The Hall–Kier alpha value is -1.27. The van der Waals surface area contributed by atoms with E-state index in [4.69, 9.17) is 12.2 Å². The average Bonchev–Trinajstić information content (AvgIpc) is 2.69. The van der Waals surface area contributed by atoms with Crippen LogP contribution in [0.5, 0.6) is 0 Å². The summed E-state index contributed by atoms with van der Waals surface area (Å²) in [6.45, 7) is 10.9. The molecule has 1 aliphatic heterocycles. The molecule has 1 N–H and O–H groups in total. The van der Waals surface area contributed by atoms with Crippen LogP contribution in [0.1, 0.15) is 39.7 Å². The van der Waals surface area contributed by atoms with Gasteiger partial charge in [-0.15, -0.1) is 12.4 Å². The molecule has 158 valence electrons. The Morgan fingerprint density at radius 1 is 1.10 bits per heavy atom. The van der Waals surface area contributed by atoms with Gasteiger partial charge in [-0.3, -0.25) is 0 Å². The van der Waals surface area contributed by atoms with E-state index >= 15 is 0 Å². The number of halogens is 1. The molecule has 1 aliphatic rings. The van der Waals surface area contributed by atoms with Gasteiger partial charge >= 0.3 is 0 Å². The molecule has 2 aromatic carbocycles. The summed E-state index contributed by atoms with van der Waals surface area (Å²) in [6.07, 6.45) is 1.07. The van der Waals surface area contributed by atoms with Crippen LogP contribution in [0, 0.1) is 0 Å². The fourth-order valence-electron chi connectivity index (χ4n) is 3.45. The van der Waals surface area contributed by atoms with Crippen molar-refractivity contribution in [3.8, 4) is 0 Å². The number of para-hydroxylation sites is 1. The van der Waals surface area contributed by atoms with Gasteiger partial charge in [-0.05, 0) is 58.5 Å². The molecule has 0 bridgehead atoms. The maximum atomic E-state index is 5.63. The van der Waals surface area contributed by atoms with Crippen molar-refractivity contribution in [2.75, 3.05) is 25.0 Å². The molecule has 1 heterocycles. The summed E-state index contributed by atoms with van der Waals surface area (Å²) in [5.74, 6) is 0. The molecule has 3 nitrogen and oxygen atoms in total. The Kier molecular flexibility index (Phi) is 8.83. The lowest BCUT2D eigenvalue weighted by atomic mass is 10.1. The number of hydrogen-bond acceptors (Lipinski definition) is 4. The van der Waals surface area contributed by atoms with Crippen LogP contribution >= 0.6 is 36.4 Å². The zero-order valence-corrected chi connectivity index (χ0v) is 20.4. The Bertz CT molecular complexity index is 841. The summed E-state index contributed by atoms with van der Waals surface area (Å²) in [6, 6.07) is 16.2. The molecule has 0 radical (unpaired) electrons. The van der Waals surface area contributed by atoms with Crippen LogP contribution in [-0.2, 0) is 0 Å². The number of benzene rings is 2. The molecule has 1 atom stereocenters. The number of nitrogens with one attached hydrogen (secondary N) is 1. The predicted octanol–water partition coefficient (Wildman–Crippen LogP) is 6.11. The topological polar surface area (TPSA) is 18.5 Å². The van der Waals surface area contributed by atoms with Crippen LogP contribution in [0.2, 0.25) is 0 Å². The molecular weight excluding hydrogens is 418 g/mol. The van der Waals surface area contributed by atoms with E-state index in [2.05, 4.69) is 92.3 Å². The van der Waals surface area contributed by atoms with Crippen molar-refractivity contribution in [3.05, 3.63) is 48.0 Å². The van der Waals surface area contributed by atoms with Gasteiger partial charge < -0.3 is 15.1 Å². The molecule has 3 rings (SSSR count). The van der Waals surface area contributed by atoms with Crippen molar-refractivity contribution in [3.63, 3.8) is 0 Å². The van der Waals surface area contributed by atoms with Crippen molar-refractivity contribution in [2.24, 2.45) is 0 Å². The van der Waals surface area contributed by atoms with E-state index in [-0.39, 0.29) is 12.4 Å². The van der Waals surface area contributed by atoms with Crippen LogP contribution in [0.3, 0.4) is 0 Å². The molecule has 0 spiro atoms. The van der Waals surface area contributed by atoms with Gasteiger partial charge in [0.2, 0.25) is 0 Å². The molecule has 0 saturated heterocycles. The van der Waals surface area contributed by atoms with Gasteiger partial charge in [-0.25, -0.2) is 0 Å². The quantitative estimate of drug-likeness (QED) is 0.512. The molecule has 0 fully saturated rings. The number of rotatable bonds is 7. The Balaban J connectivity index is 0.00000300. The van der Waals surface area contributed by atoms with Crippen LogP contribution in [0.4, 0.5) is 11.4 Å². The smallest absolute Gasteiger partial charge is 0.106 e.